The van der Waals surface area contributed by atoms with Crippen LogP contribution in [0.4, 0.5) is 17.1 Å². The van der Waals surface area contributed by atoms with Crippen molar-refractivity contribution in [1.82, 2.24) is 0 Å². The number of imide groups is 1. The number of amides is 3. The van der Waals surface area contributed by atoms with Crippen LogP contribution >= 0.6 is 0 Å². The summed E-state index contributed by atoms with van der Waals surface area (Å²) in [7, 11) is 0. The monoisotopic (exact) mass is 447 g/mol. The van der Waals surface area contributed by atoms with E-state index in [1.807, 2.05) is 72.8 Å². The minimum absolute atomic E-state index is 0.198. The maximum atomic E-state index is 13.6. The van der Waals surface area contributed by atoms with Crippen molar-refractivity contribution in [3.63, 3.8) is 0 Å². The van der Waals surface area contributed by atoms with Gasteiger partial charge in [-0.15, -0.1) is 0 Å². The summed E-state index contributed by atoms with van der Waals surface area (Å²) in [5, 5.41) is 7.92. The number of hydrogen-bond donors (Lipinski definition) is 2. The fourth-order valence-electron chi connectivity index (χ4n) is 4.12. The summed E-state index contributed by atoms with van der Waals surface area (Å²) in [5.41, 5.74) is 2.93. The quantitative estimate of drug-likeness (QED) is 0.413. The Hall–Kier alpha value is -4.71. The van der Waals surface area contributed by atoms with Gasteiger partial charge in [-0.3, -0.25) is 14.4 Å². The standard InChI is InChI=1S/C28H21N3O3/c1-18(32)29-21-14-16-22(17-15-21)31-27(33)25(20-9-3-2-4-10-20)26(28(31)34)30-24-13-7-11-19-8-5-6-12-23(19)24/h2-17,30H,1H3,(H,29,32). The normalized spacial score (nSPS) is 13.5. The summed E-state index contributed by atoms with van der Waals surface area (Å²) in [4.78, 5) is 39.7. The summed E-state index contributed by atoms with van der Waals surface area (Å²) < 4.78 is 0. The molecule has 1 heterocycles. The molecule has 5 rings (SSSR count). The van der Waals surface area contributed by atoms with Crippen LogP contribution in [0.5, 0.6) is 0 Å². The van der Waals surface area contributed by atoms with Gasteiger partial charge in [0, 0.05) is 23.7 Å². The zero-order valence-electron chi connectivity index (χ0n) is 18.4. The Morgan fingerprint density at radius 3 is 2.15 bits per heavy atom. The van der Waals surface area contributed by atoms with Crippen LogP contribution in [0.1, 0.15) is 12.5 Å². The van der Waals surface area contributed by atoms with Gasteiger partial charge in [0.1, 0.15) is 5.70 Å². The van der Waals surface area contributed by atoms with Gasteiger partial charge in [0.05, 0.1) is 11.3 Å². The number of carbonyl (C=O) groups is 3. The van der Waals surface area contributed by atoms with E-state index >= 15 is 0 Å². The third kappa shape index (κ3) is 3.82. The molecule has 0 radical (unpaired) electrons. The van der Waals surface area contributed by atoms with Crippen molar-refractivity contribution in [1.29, 1.82) is 0 Å². The number of rotatable bonds is 5. The van der Waals surface area contributed by atoms with E-state index in [1.165, 1.54) is 6.92 Å². The molecule has 0 aromatic heterocycles. The lowest BCUT2D eigenvalue weighted by Crippen LogP contribution is -2.32. The zero-order chi connectivity index (χ0) is 23.7. The number of nitrogens with zero attached hydrogens (tertiary/aromatic N) is 1. The number of fused-ring (bicyclic) bond motifs is 1. The lowest BCUT2D eigenvalue weighted by Gasteiger charge is -2.16. The van der Waals surface area contributed by atoms with Gasteiger partial charge in [-0.2, -0.15) is 0 Å². The third-order valence-electron chi connectivity index (χ3n) is 5.64. The van der Waals surface area contributed by atoms with Gasteiger partial charge in [0.2, 0.25) is 5.91 Å². The highest BCUT2D eigenvalue weighted by molar-refractivity contribution is 6.46. The highest BCUT2D eigenvalue weighted by Gasteiger charge is 2.40. The molecule has 0 atom stereocenters. The molecule has 6 heteroatoms. The van der Waals surface area contributed by atoms with E-state index < -0.39 is 11.8 Å². The second kappa shape index (κ2) is 8.67. The van der Waals surface area contributed by atoms with E-state index in [1.54, 1.807) is 24.3 Å². The largest absolute Gasteiger partial charge is 0.350 e. The maximum Gasteiger partial charge on any atom is 0.282 e. The van der Waals surface area contributed by atoms with Crippen LogP contribution < -0.4 is 15.5 Å². The van der Waals surface area contributed by atoms with Crippen molar-refractivity contribution in [3.05, 3.63) is 108 Å². The molecule has 6 nitrogen and oxygen atoms in total. The first-order valence-corrected chi connectivity index (χ1v) is 10.8. The highest BCUT2D eigenvalue weighted by atomic mass is 16.2. The number of hydrogen-bond acceptors (Lipinski definition) is 4. The third-order valence-corrected chi connectivity index (χ3v) is 5.64. The molecule has 2 N–H and O–H groups in total. The molecule has 0 aliphatic carbocycles. The fourth-order valence-corrected chi connectivity index (χ4v) is 4.12. The molecule has 0 unspecified atom stereocenters. The van der Waals surface area contributed by atoms with Crippen LogP contribution in [0.3, 0.4) is 0 Å². The predicted molar refractivity (Wildman–Crippen MR) is 134 cm³/mol. The van der Waals surface area contributed by atoms with Crippen molar-refractivity contribution in [2.24, 2.45) is 0 Å². The molecule has 1 aliphatic heterocycles. The second-order valence-electron chi connectivity index (χ2n) is 7.94. The van der Waals surface area contributed by atoms with E-state index in [2.05, 4.69) is 10.6 Å². The lowest BCUT2D eigenvalue weighted by molar-refractivity contribution is -0.120. The Balaban J connectivity index is 1.58. The van der Waals surface area contributed by atoms with Crippen LogP contribution in [0, 0.1) is 0 Å². The van der Waals surface area contributed by atoms with Crippen LogP contribution in [0.15, 0.2) is 103 Å². The van der Waals surface area contributed by atoms with Gasteiger partial charge >= 0.3 is 0 Å². The molecule has 34 heavy (non-hydrogen) atoms. The van der Waals surface area contributed by atoms with E-state index in [4.69, 9.17) is 0 Å². The summed E-state index contributed by atoms with van der Waals surface area (Å²) in [6.45, 7) is 1.42. The number of anilines is 3. The molecule has 0 bridgehead atoms. The molecule has 0 spiro atoms. The van der Waals surface area contributed by atoms with Crippen molar-refractivity contribution in [3.8, 4) is 0 Å². The first-order valence-electron chi connectivity index (χ1n) is 10.8. The van der Waals surface area contributed by atoms with Crippen LogP contribution in [0.2, 0.25) is 0 Å². The van der Waals surface area contributed by atoms with E-state index in [-0.39, 0.29) is 11.6 Å². The van der Waals surface area contributed by atoms with E-state index in [0.29, 0.717) is 22.5 Å². The predicted octanol–water partition coefficient (Wildman–Crippen LogP) is 5.19. The van der Waals surface area contributed by atoms with Crippen LogP contribution in [0.25, 0.3) is 16.3 Å². The van der Waals surface area contributed by atoms with Crippen molar-refractivity contribution in [2.75, 3.05) is 15.5 Å². The van der Waals surface area contributed by atoms with Crippen LogP contribution in [-0.4, -0.2) is 17.7 Å². The van der Waals surface area contributed by atoms with E-state index in [9.17, 15) is 14.4 Å². The Kier molecular flexibility index (Phi) is 5.40. The number of carbonyl (C=O) groups excluding carboxylic acids is 3. The highest BCUT2D eigenvalue weighted by Crippen LogP contribution is 2.35. The van der Waals surface area contributed by atoms with Crippen molar-refractivity contribution in [2.45, 2.75) is 6.92 Å². The number of nitrogens with one attached hydrogen (secondary N) is 2. The Morgan fingerprint density at radius 1 is 0.735 bits per heavy atom. The Morgan fingerprint density at radius 2 is 1.41 bits per heavy atom. The summed E-state index contributed by atoms with van der Waals surface area (Å²) in [6.07, 6.45) is 0. The van der Waals surface area contributed by atoms with Gasteiger partial charge in [0.25, 0.3) is 11.8 Å². The van der Waals surface area contributed by atoms with Gasteiger partial charge < -0.3 is 10.6 Å². The first kappa shape index (κ1) is 21.2. The smallest absolute Gasteiger partial charge is 0.282 e. The molecule has 4 aromatic rings. The minimum atomic E-state index is -0.441. The SMILES string of the molecule is CC(=O)Nc1ccc(N2C(=O)C(Nc3cccc4ccccc34)=C(c3ccccc3)C2=O)cc1. The molecular weight excluding hydrogens is 426 g/mol. The zero-order valence-corrected chi connectivity index (χ0v) is 18.4. The average Bonchev–Trinajstić information content (AvgIpc) is 3.09. The number of benzene rings is 4. The average molecular weight is 447 g/mol. The maximum absolute atomic E-state index is 13.6. The molecule has 3 amide bonds. The van der Waals surface area contributed by atoms with E-state index in [0.717, 1.165) is 21.4 Å². The molecule has 4 aromatic carbocycles. The molecule has 0 saturated carbocycles. The van der Waals surface area contributed by atoms with Gasteiger partial charge in [0.15, 0.2) is 0 Å². The van der Waals surface area contributed by atoms with Gasteiger partial charge in [-0.1, -0.05) is 66.7 Å². The summed E-state index contributed by atoms with van der Waals surface area (Å²) in [5.74, 6) is -1.05. The first-order chi connectivity index (χ1) is 16.5. The molecular formula is C28H21N3O3. The Labute approximate surface area is 196 Å². The molecule has 166 valence electrons. The lowest BCUT2D eigenvalue weighted by atomic mass is 10.0. The minimum Gasteiger partial charge on any atom is -0.350 e. The van der Waals surface area contributed by atoms with Gasteiger partial charge in [-0.05, 0) is 41.3 Å². The topological polar surface area (TPSA) is 78.5 Å². The Bertz CT molecular complexity index is 1450. The van der Waals surface area contributed by atoms with Gasteiger partial charge in [-0.25, -0.2) is 4.90 Å². The van der Waals surface area contributed by atoms with Crippen molar-refractivity contribution < 1.29 is 14.4 Å². The summed E-state index contributed by atoms with van der Waals surface area (Å²) >= 11 is 0. The molecule has 1 aliphatic rings. The molecule has 0 saturated heterocycles. The second-order valence-corrected chi connectivity index (χ2v) is 7.94. The molecule has 0 fully saturated rings. The summed E-state index contributed by atoms with van der Waals surface area (Å²) in [6, 6.07) is 29.4. The fraction of sp³-hybridized carbons (Fsp3) is 0.0357. The van der Waals surface area contributed by atoms with Crippen LogP contribution in [-0.2, 0) is 14.4 Å². The van der Waals surface area contributed by atoms with Crippen molar-refractivity contribution >= 4 is 51.1 Å².